The molecule has 3 rings (SSSR count). The van der Waals surface area contributed by atoms with Crippen LogP contribution in [0.5, 0.6) is 0 Å². The molecule has 1 spiro atoms. The largest absolute Gasteiger partial charge is 0.385 e. The monoisotopic (exact) mass is 262 g/mol. The van der Waals surface area contributed by atoms with Crippen molar-refractivity contribution in [2.75, 3.05) is 13.2 Å². The normalized spacial score (nSPS) is 24.8. The summed E-state index contributed by atoms with van der Waals surface area (Å²) in [7, 11) is 0. The van der Waals surface area contributed by atoms with Crippen molar-refractivity contribution in [3.8, 4) is 0 Å². The first-order valence-corrected chi connectivity index (χ1v) is 7.12. The highest BCUT2D eigenvalue weighted by Gasteiger charge is 2.46. The van der Waals surface area contributed by atoms with E-state index in [2.05, 4.69) is 26.0 Å². The fraction of sp³-hybridized carbons (Fsp3) is 0.625. The Kier molecular flexibility index (Phi) is 3.16. The number of rotatable bonds is 1. The summed E-state index contributed by atoms with van der Waals surface area (Å²) < 4.78 is 11.5. The van der Waals surface area contributed by atoms with Crippen LogP contribution in [0, 0.1) is 13.8 Å². The van der Waals surface area contributed by atoms with E-state index < -0.39 is 11.4 Å². The molecule has 0 bridgehead atoms. The van der Waals surface area contributed by atoms with Gasteiger partial charge in [0.1, 0.15) is 0 Å². The molecule has 19 heavy (non-hydrogen) atoms. The lowest BCUT2D eigenvalue weighted by molar-refractivity contribution is -0.204. The van der Waals surface area contributed by atoms with Gasteiger partial charge >= 0.3 is 0 Å². The molecule has 1 aliphatic heterocycles. The maximum Gasteiger partial charge on any atom is 0.168 e. The molecular formula is C16H22O3. The van der Waals surface area contributed by atoms with Crippen LogP contribution < -0.4 is 0 Å². The topological polar surface area (TPSA) is 38.7 Å². The van der Waals surface area contributed by atoms with E-state index in [0.29, 0.717) is 26.1 Å². The third kappa shape index (κ3) is 2.20. The Bertz CT molecular complexity index is 465. The molecule has 1 saturated carbocycles. The van der Waals surface area contributed by atoms with Gasteiger partial charge in [-0.3, -0.25) is 0 Å². The van der Waals surface area contributed by atoms with Crippen LogP contribution in [0.25, 0.3) is 0 Å². The summed E-state index contributed by atoms with van der Waals surface area (Å²) in [5, 5.41) is 11.0. The van der Waals surface area contributed by atoms with Gasteiger partial charge in [-0.1, -0.05) is 18.2 Å². The van der Waals surface area contributed by atoms with Crippen LogP contribution in [0.4, 0.5) is 0 Å². The first-order valence-electron chi connectivity index (χ1n) is 7.12. The van der Waals surface area contributed by atoms with Gasteiger partial charge < -0.3 is 14.6 Å². The number of benzene rings is 1. The zero-order chi connectivity index (χ0) is 13.5. The van der Waals surface area contributed by atoms with Gasteiger partial charge in [-0.15, -0.1) is 0 Å². The van der Waals surface area contributed by atoms with Gasteiger partial charge in [-0.25, -0.2) is 0 Å². The SMILES string of the molecule is Cc1cccc(C2(O)CCC3(CC2)OCCO3)c1C. The fourth-order valence-electron chi connectivity index (χ4n) is 3.35. The molecule has 0 unspecified atom stereocenters. The molecule has 0 amide bonds. The van der Waals surface area contributed by atoms with E-state index in [4.69, 9.17) is 9.47 Å². The molecule has 1 aliphatic carbocycles. The maximum atomic E-state index is 11.0. The number of hydrogen-bond acceptors (Lipinski definition) is 3. The van der Waals surface area contributed by atoms with E-state index in [1.165, 1.54) is 11.1 Å². The van der Waals surface area contributed by atoms with Crippen molar-refractivity contribution in [3.63, 3.8) is 0 Å². The molecule has 2 aliphatic rings. The highest BCUT2D eigenvalue weighted by Crippen LogP contribution is 2.45. The van der Waals surface area contributed by atoms with Crippen LogP contribution in [0.3, 0.4) is 0 Å². The average Bonchev–Trinajstić information content (AvgIpc) is 2.86. The Morgan fingerprint density at radius 3 is 2.26 bits per heavy atom. The van der Waals surface area contributed by atoms with Gasteiger partial charge in [0, 0.05) is 12.8 Å². The van der Waals surface area contributed by atoms with Crippen LogP contribution in [0.2, 0.25) is 0 Å². The minimum atomic E-state index is -0.726. The summed E-state index contributed by atoms with van der Waals surface area (Å²) >= 11 is 0. The highest BCUT2D eigenvalue weighted by molar-refractivity contribution is 5.37. The smallest absolute Gasteiger partial charge is 0.168 e. The van der Waals surface area contributed by atoms with Crippen molar-refractivity contribution in [2.45, 2.75) is 50.9 Å². The van der Waals surface area contributed by atoms with Gasteiger partial charge in [0.25, 0.3) is 0 Å². The molecule has 104 valence electrons. The zero-order valence-electron chi connectivity index (χ0n) is 11.7. The molecule has 1 N–H and O–H groups in total. The molecule has 2 fully saturated rings. The second-order valence-electron chi connectivity index (χ2n) is 5.89. The van der Waals surface area contributed by atoms with Gasteiger partial charge in [0.15, 0.2) is 5.79 Å². The third-order valence-corrected chi connectivity index (χ3v) is 4.76. The van der Waals surface area contributed by atoms with Crippen LogP contribution in [-0.4, -0.2) is 24.1 Å². The first-order chi connectivity index (χ1) is 9.05. The second kappa shape index (κ2) is 4.58. The lowest BCUT2D eigenvalue weighted by atomic mass is 9.75. The lowest BCUT2D eigenvalue weighted by Crippen LogP contribution is -2.42. The number of ether oxygens (including phenoxy) is 2. The molecule has 3 nitrogen and oxygen atoms in total. The Morgan fingerprint density at radius 1 is 1.00 bits per heavy atom. The molecule has 0 atom stereocenters. The third-order valence-electron chi connectivity index (χ3n) is 4.76. The Hall–Kier alpha value is -0.900. The van der Waals surface area contributed by atoms with Crippen molar-refractivity contribution < 1.29 is 14.6 Å². The minimum Gasteiger partial charge on any atom is -0.385 e. The fourth-order valence-corrected chi connectivity index (χ4v) is 3.35. The zero-order valence-corrected chi connectivity index (χ0v) is 11.7. The highest BCUT2D eigenvalue weighted by atomic mass is 16.7. The second-order valence-corrected chi connectivity index (χ2v) is 5.89. The molecule has 1 saturated heterocycles. The molecule has 3 heteroatoms. The van der Waals surface area contributed by atoms with E-state index >= 15 is 0 Å². The Labute approximate surface area is 114 Å². The quantitative estimate of drug-likeness (QED) is 0.846. The van der Waals surface area contributed by atoms with Crippen molar-refractivity contribution in [1.82, 2.24) is 0 Å². The number of hydrogen-bond donors (Lipinski definition) is 1. The number of aryl methyl sites for hydroxylation is 1. The predicted molar refractivity (Wildman–Crippen MR) is 72.9 cm³/mol. The average molecular weight is 262 g/mol. The molecule has 1 aromatic rings. The standard InChI is InChI=1S/C16H22O3/c1-12-4-3-5-14(13(12)2)15(17)6-8-16(9-7-15)18-10-11-19-16/h3-5,17H,6-11H2,1-2H3. The molecule has 0 aromatic heterocycles. The first kappa shape index (κ1) is 13.1. The maximum absolute atomic E-state index is 11.0. The van der Waals surface area contributed by atoms with Crippen LogP contribution in [-0.2, 0) is 15.1 Å². The van der Waals surface area contributed by atoms with Gasteiger partial charge in [-0.05, 0) is 43.4 Å². The van der Waals surface area contributed by atoms with E-state index in [1.54, 1.807) is 0 Å². The summed E-state index contributed by atoms with van der Waals surface area (Å²) in [5.41, 5.74) is 2.78. The summed E-state index contributed by atoms with van der Waals surface area (Å²) in [4.78, 5) is 0. The van der Waals surface area contributed by atoms with Crippen molar-refractivity contribution in [1.29, 1.82) is 0 Å². The van der Waals surface area contributed by atoms with Gasteiger partial charge in [0.05, 0.1) is 18.8 Å². The van der Waals surface area contributed by atoms with Crippen molar-refractivity contribution in [3.05, 3.63) is 34.9 Å². The van der Waals surface area contributed by atoms with Crippen LogP contribution in [0.15, 0.2) is 18.2 Å². The molecule has 1 aromatic carbocycles. The van der Waals surface area contributed by atoms with E-state index in [9.17, 15) is 5.11 Å². The van der Waals surface area contributed by atoms with E-state index in [-0.39, 0.29) is 0 Å². The van der Waals surface area contributed by atoms with Gasteiger partial charge in [0.2, 0.25) is 0 Å². The Balaban J connectivity index is 1.83. The van der Waals surface area contributed by atoms with Crippen molar-refractivity contribution >= 4 is 0 Å². The molecular weight excluding hydrogens is 240 g/mol. The van der Waals surface area contributed by atoms with Gasteiger partial charge in [-0.2, -0.15) is 0 Å². The summed E-state index contributed by atoms with van der Waals surface area (Å²) in [6, 6.07) is 6.18. The van der Waals surface area contributed by atoms with Crippen LogP contribution >= 0.6 is 0 Å². The molecule has 1 heterocycles. The predicted octanol–water partition coefficient (Wildman–Crippen LogP) is 2.81. The lowest BCUT2D eigenvalue weighted by Gasteiger charge is -2.41. The van der Waals surface area contributed by atoms with E-state index in [0.717, 1.165) is 18.4 Å². The Morgan fingerprint density at radius 2 is 1.63 bits per heavy atom. The summed E-state index contributed by atoms with van der Waals surface area (Å²) in [5.74, 6) is -0.413. The van der Waals surface area contributed by atoms with E-state index in [1.807, 2.05) is 6.07 Å². The summed E-state index contributed by atoms with van der Waals surface area (Å²) in [6.07, 6.45) is 2.96. The van der Waals surface area contributed by atoms with Crippen LogP contribution in [0.1, 0.15) is 42.4 Å². The van der Waals surface area contributed by atoms with Crippen molar-refractivity contribution in [2.24, 2.45) is 0 Å². The summed E-state index contributed by atoms with van der Waals surface area (Å²) in [6.45, 7) is 5.55. The minimum absolute atomic E-state index is 0.413. The number of aliphatic hydroxyl groups is 1. The molecule has 0 radical (unpaired) electrons.